The molecule has 1 aromatic rings. The van der Waals surface area contributed by atoms with Crippen LogP contribution in [0.4, 0.5) is 5.69 Å². The van der Waals surface area contributed by atoms with Crippen molar-refractivity contribution in [2.45, 2.75) is 52.4 Å². The smallest absolute Gasteiger partial charge is 0.330 e. The van der Waals surface area contributed by atoms with Gasteiger partial charge in [-0.3, -0.25) is 4.79 Å². The molecule has 1 aromatic carbocycles. The van der Waals surface area contributed by atoms with Crippen molar-refractivity contribution >= 4 is 23.6 Å². The molecule has 0 spiro atoms. The summed E-state index contributed by atoms with van der Waals surface area (Å²) >= 11 is 0. The number of nitrogens with one attached hydrogen (secondary N) is 1. The van der Waals surface area contributed by atoms with Crippen LogP contribution in [0.3, 0.4) is 0 Å². The van der Waals surface area contributed by atoms with Gasteiger partial charge in [0.1, 0.15) is 5.75 Å². The molecule has 1 saturated carbocycles. The van der Waals surface area contributed by atoms with Gasteiger partial charge < -0.3 is 14.8 Å². The Bertz CT molecular complexity index is 660. The first-order chi connectivity index (χ1) is 13.0. The van der Waals surface area contributed by atoms with Crippen molar-refractivity contribution in [2.24, 2.45) is 11.8 Å². The van der Waals surface area contributed by atoms with E-state index in [9.17, 15) is 9.59 Å². The number of amides is 1. The van der Waals surface area contributed by atoms with Crippen molar-refractivity contribution in [3.63, 3.8) is 0 Å². The standard InChI is InChI=1S/C22H31NO4/c1-16(2)22(25)23-20-15-19(26-3)11-9-18(20)10-12-21(24)27-14-13-17-7-5-4-6-8-17/h9-12,15-17H,4-8,13-14H2,1-3H3,(H,23,25)/b12-10+. The average molecular weight is 373 g/mol. The molecule has 0 bridgehead atoms. The Morgan fingerprint density at radius 1 is 1.22 bits per heavy atom. The number of carbonyl (C=O) groups is 2. The average Bonchev–Trinajstić information content (AvgIpc) is 2.67. The summed E-state index contributed by atoms with van der Waals surface area (Å²) in [5.74, 6) is 0.740. The molecule has 0 aliphatic heterocycles. The predicted octanol–water partition coefficient (Wildman–Crippen LogP) is 4.82. The molecule has 148 valence electrons. The van der Waals surface area contributed by atoms with E-state index in [1.807, 2.05) is 13.8 Å². The van der Waals surface area contributed by atoms with E-state index in [4.69, 9.17) is 9.47 Å². The first kappa shape index (κ1) is 21.0. The lowest BCUT2D eigenvalue weighted by Gasteiger charge is -2.20. The van der Waals surface area contributed by atoms with Crippen LogP contribution in [0, 0.1) is 11.8 Å². The zero-order valence-electron chi connectivity index (χ0n) is 16.6. The lowest BCUT2D eigenvalue weighted by atomic mass is 9.87. The van der Waals surface area contributed by atoms with Crippen molar-refractivity contribution in [2.75, 3.05) is 19.0 Å². The monoisotopic (exact) mass is 373 g/mol. The summed E-state index contributed by atoms with van der Waals surface area (Å²) in [6.45, 7) is 4.12. The van der Waals surface area contributed by atoms with Crippen molar-refractivity contribution in [1.82, 2.24) is 0 Å². The SMILES string of the molecule is COc1ccc(/C=C/C(=O)OCCC2CCCCC2)c(NC(=O)C(C)C)c1. The van der Waals surface area contributed by atoms with Gasteiger partial charge in [-0.05, 0) is 36.1 Å². The maximum absolute atomic E-state index is 12.0. The summed E-state index contributed by atoms with van der Waals surface area (Å²) in [4.78, 5) is 24.0. The second-order valence-corrected chi connectivity index (χ2v) is 7.39. The van der Waals surface area contributed by atoms with Crippen LogP contribution < -0.4 is 10.1 Å². The van der Waals surface area contributed by atoms with Crippen LogP contribution in [-0.2, 0) is 14.3 Å². The molecule has 5 nitrogen and oxygen atoms in total. The van der Waals surface area contributed by atoms with Crippen LogP contribution in [0.2, 0.25) is 0 Å². The Balaban J connectivity index is 1.93. The maximum Gasteiger partial charge on any atom is 0.330 e. The number of rotatable bonds is 8. The Morgan fingerprint density at radius 3 is 2.63 bits per heavy atom. The topological polar surface area (TPSA) is 64.6 Å². The van der Waals surface area contributed by atoms with Crippen LogP contribution in [0.1, 0.15) is 57.9 Å². The van der Waals surface area contributed by atoms with Crippen LogP contribution in [0.25, 0.3) is 6.08 Å². The molecule has 5 heteroatoms. The molecule has 0 aromatic heterocycles. The molecule has 27 heavy (non-hydrogen) atoms. The van der Waals surface area contributed by atoms with Crippen molar-refractivity contribution < 1.29 is 19.1 Å². The van der Waals surface area contributed by atoms with Gasteiger partial charge in [-0.25, -0.2) is 4.79 Å². The summed E-state index contributed by atoms with van der Waals surface area (Å²) < 4.78 is 10.6. The highest BCUT2D eigenvalue weighted by Crippen LogP contribution is 2.26. The fourth-order valence-electron chi connectivity index (χ4n) is 3.20. The number of ether oxygens (including phenoxy) is 2. The van der Waals surface area contributed by atoms with E-state index >= 15 is 0 Å². The summed E-state index contributed by atoms with van der Waals surface area (Å²) in [7, 11) is 1.57. The highest BCUT2D eigenvalue weighted by atomic mass is 16.5. The van der Waals surface area contributed by atoms with Crippen molar-refractivity contribution in [1.29, 1.82) is 0 Å². The fourth-order valence-corrected chi connectivity index (χ4v) is 3.20. The van der Waals surface area contributed by atoms with Gasteiger partial charge in [0, 0.05) is 18.1 Å². The van der Waals surface area contributed by atoms with Crippen LogP contribution >= 0.6 is 0 Å². The lowest BCUT2D eigenvalue weighted by Crippen LogP contribution is -2.18. The van der Waals surface area contributed by atoms with Gasteiger partial charge in [0.15, 0.2) is 0 Å². The van der Waals surface area contributed by atoms with Crippen molar-refractivity contribution in [3.05, 3.63) is 29.8 Å². The molecule has 1 aliphatic carbocycles. The zero-order chi connectivity index (χ0) is 19.6. The van der Waals surface area contributed by atoms with Crippen LogP contribution in [0.15, 0.2) is 24.3 Å². The first-order valence-electron chi connectivity index (χ1n) is 9.83. The number of anilines is 1. The molecular weight excluding hydrogens is 342 g/mol. The largest absolute Gasteiger partial charge is 0.497 e. The molecule has 0 radical (unpaired) electrons. The minimum absolute atomic E-state index is 0.0899. The summed E-state index contributed by atoms with van der Waals surface area (Å²) in [5, 5.41) is 2.87. The molecule has 1 N–H and O–H groups in total. The molecule has 1 fully saturated rings. The van der Waals surface area contributed by atoms with Gasteiger partial charge in [-0.2, -0.15) is 0 Å². The number of methoxy groups -OCH3 is 1. The molecule has 0 unspecified atom stereocenters. The van der Waals surface area contributed by atoms with E-state index in [0.717, 1.165) is 12.0 Å². The lowest BCUT2D eigenvalue weighted by molar-refractivity contribution is -0.138. The predicted molar refractivity (Wildman–Crippen MR) is 108 cm³/mol. The van der Waals surface area contributed by atoms with Gasteiger partial charge in [0.05, 0.1) is 19.4 Å². The Labute approximate surface area is 162 Å². The molecular formula is C22H31NO4. The number of hydrogen-bond donors (Lipinski definition) is 1. The zero-order valence-corrected chi connectivity index (χ0v) is 16.6. The van der Waals surface area contributed by atoms with E-state index in [2.05, 4.69) is 5.32 Å². The number of hydrogen-bond acceptors (Lipinski definition) is 4. The number of esters is 1. The third-order valence-electron chi connectivity index (χ3n) is 4.94. The van der Waals surface area contributed by atoms with Gasteiger partial charge in [-0.15, -0.1) is 0 Å². The number of carbonyl (C=O) groups excluding carboxylic acids is 2. The van der Waals surface area contributed by atoms with Gasteiger partial charge in [0.25, 0.3) is 0 Å². The minimum Gasteiger partial charge on any atom is -0.497 e. The first-order valence-corrected chi connectivity index (χ1v) is 9.83. The van der Waals surface area contributed by atoms with E-state index in [-0.39, 0.29) is 17.8 Å². The Morgan fingerprint density at radius 2 is 1.96 bits per heavy atom. The van der Waals surface area contributed by atoms with Gasteiger partial charge in [-0.1, -0.05) is 46.0 Å². The molecule has 0 atom stereocenters. The third-order valence-corrected chi connectivity index (χ3v) is 4.94. The maximum atomic E-state index is 12.0. The molecule has 0 heterocycles. The van der Waals surface area contributed by atoms with Crippen LogP contribution in [-0.4, -0.2) is 25.6 Å². The Kier molecular flexibility index (Phi) is 8.37. The normalized spacial score (nSPS) is 15.1. The highest BCUT2D eigenvalue weighted by Gasteiger charge is 2.14. The minimum atomic E-state index is -0.359. The van der Waals surface area contributed by atoms with Gasteiger partial charge >= 0.3 is 5.97 Å². The van der Waals surface area contributed by atoms with Crippen molar-refractivity contribution in [3.8, 4) is 5.75 Å². The summed E-state index contributed by atoms with van der Waals surface area (Å²) in [6.07, 6.45) is 10.4. The second kappa shape index (κ2) is 10.8. The quantitative estimate of drug-likeness (QED) is 0.524. The second-order valence-electron chi connectivity index (χ2n) is 7.39. The Hall–Kier alpha value is -2.30. The molecule has 2 rings (SSSR count). The van der Waals surface area contributed by atoms with E-state index in [1.165, 1.54) is 38.2 Å². The highest BCUT2D eigenvalue weighted by molar-refractivity contribution is 5.95. The van der Waals surface area contributed by atoms with Crippen LogP contribution in [0.5, 0.6) is 5.75 Å². The summed E-state index contributed by atoms with van der Waals surface area (Å²) in [5.41, 5.74) is 1.34. The summed E-state index contributed by atoms with van der Waals surface area (Å²) in [6, 6.07) is 5.34. The molecule has 1 aliphatic rings. The molecule has 1 amide bonds. The molecule has 0 saturated heterocycles. The van der Waals surface area contributed by atoms with E-state index in [0.29, 0.717) is 24.0 Å². The third kappa shape index (κ3) is 7.08. The van der Waals surface area contributed by atoms with E-state index in [1.54, 1.807) is 31.4 Å². The fraction of sp³-hybridized carbons (Fsp3) is 0.545. The van der Waals surface area contributed by atoms with Gasteiger partial charge in [0.2, 0.25) is 5.91 Å². The van der Waals surface area contributed by atoms with E-state index < -0.39 is 0 Å². The number of benzene rings is 1.